The fourth-order valence-electron chi connectivity index (χ4n) is 3.67. The van der Waals surface area contributed by atoms with Gasteiger partial charge in [-0.3, -0.25) is 9.10 Å². The second kappa shape index (κ2) is 10.6. The first kappa shape index (κ1) is 24.5. The maximum absolute atomic E-state index is 13.2. The molecule has 1 aliphatic rings. The van der Waals surface area contributed by atoms with Gasteiger partial charge in [0.25, 0.3) is 15.9 Å². The highest BCUT2D eigenvalue weighted by molar-refractivity contribution is 7.92. The molecule has 1 fully saturated rings. The van der Waals surface area contributed by atoms with E-state index >= 15 is 0 Å². The fraction of sp³-hybridized carbons (Fsp3) is 0.435. The van der Waals surface area contributed by atoms with E-state index in [4.69, 9.17) is 11.6 Å². The molecule has 2 aromatic carbocycles. The Morgan fingerprint density at radius 3 is 2.50 bits per heavy atom. The molecule has 0 unspecified atom stereocenters. The van der Waals surface area contributed by atoms with Crippen LogP contribution in [0.3, 0.4) is 0 Å². The van der Waals surface area contributed by atoms with Crippen molar-refractivity contribution in [3.63, 3.8) is 0 Å². The van der Waals surface area contributed by atoms with Crippen LogP contribution in [0.5, 0.6) is 0 Å². The van der Waals surface area contributed by atoms with Crippen molar-refractivity contribution >= 4 is 33.2 Å². The van der Waals surface area contributed by atoms with Crippen molar-refractivity contribution in [3.8, 4) is 0 Å². The maximum Gasteiger partial charge on any atom is 0.264 e. The summed E-state index contributed by atoms with van der Waals surface area (Å²) in [7, 11) is -2.58. The minimum atomic E-state index is -3.96. The van der Waals surface area contributed by atoms with E-state index in [1.54, 1.807) is 0 Å². The Kier molecular flexibility index (Phi) is 8.14. The molecule has 174 valence electrons. The lowest BCUT2D eigenvalue weighted by Crippen LogP contribution is -2.35. The molecule has 32 heavy (non-hydrogen) atoms. The topological polar surface area (TPSA) is 69.7 Å². The van der Waals surface area contributed by atoms with Gasteiger partial charge in [-0.15, -0.1) is 0 Å². The van der Waals surface area contributed by atoms with Crippen molar-refractivity contribution in [1.29, 1.82) is 0 Å². The number of piperidine rings is 1. The summed E-state index contributed by atoms with van der Waals surface area (Å²) in [5, 5.41) is 3.01. The lowest BCUT2D eigenvalue weighted by Gasteiger charge is -2.30. The van der Waals surface area contributed by atoms with E-state index in [0.29, 0.717) is 12.2 Å². The molecule has 1 N–H and O–H groups in total. The zero-order valence-corrected chi connectivity index (χ0v) is 19.9. The summed E-state index contributed by atoms with van der Waals surface area (Å²) < 4.78 is 40.2. The summed E-state index contributed by atoms with van der Waals surface area (Å²) in [6, 6.07) is 9.15. The van der Waals surface area contributed by atoms with Crippen LogP contribution < -0.4 is 9.62 Å². The average molecular weight is 482 g/mol. The number of carbonyl (C=O) groups is 1. The molecule has 9 heteroatoms. The second-order valence-electron chi connectivity index (χ2n) is 8.22. The molecule has 6 nitrogen and oxygen atoms in total. The van der Waals surface area contributed by atoms with Crippen LogP contribution in [0.15, 0.2) is 47.4 Å². The number of carbonyl (C=O) groups excluding carboxylic acids is 1. The summed E-state index contributed by atoms with van der Waals surface area (Å²) >= 11 is 6.18. The van der Waals surface area contributed by atoms with Gasteiger partial charge < -0.3 is 10.2 Å². The summed E-state index contributed by atoms with van der Waals surface area (Å²) in [5.41, 5.74) is 0.409. The van der Waals surface area contributed by atoms with Crippen LogP contribution in [0.25, 0.3) is 0 Å². The van der Waals surface area contributed by atoms with Gasteiger partial charge in [-0.2, -0.15) is 0 Å². The smallest absolute Gasteiger partial charge is 0.264 e. The highest BCUT2D eigenvalue weighted by Gasteiger charge is 2.24. The largest absolute Gasteiger partial charge is 0.352 e. The second-order valence-corrected chi connectivity index (χ2v) is 10.6. The van der Waals surface area contributed by atoms with Crippen molar-refractivity contribution < 1.29 is 17.6 Å². The third-order valence-corrected chi connectivity index (χ3v) is 7.96. The molecule has 0 aromatic heterocycles. The van der Waals surface area contributed by atoms with Crippen molar-refractivity contribution in [2.24, 2.45) is 5.92 Å². The van der Waals surface area contributed by atoms with Crippen LogP contribution in [0, 0.1) is 11.7 Å². The first-order valence-electron chi connectivity index (χ1n) is 10.7. The quantitative estimate of drug-likeness (QED) is 0.575. The van der Waals surface area contributed by atoms with Gasteiger partial charge in [0.05, 0.1) is 21.2 Å². The van der Waals surface area contributed by atoms with Crippen LogP contribution in [0.1, 0.15) is 36.5 Å². The number of likely N-dealkylation sites (tertiary alicyclic amines) is 1. The number of halogens is 2. The summed E-state index contributed by atoms with van der Waals surface area (Å²) in [6.07, 6.45) is 3.22. The molecule has 3 rings (SSSR count). The Hall–Kier alpha value is -2.16. The van der Waals surface area contributed by atoms with E-state index in [2.05, 4.69) is 17.1 Å². The Morgan fingerprint density at radius 2 is 1.84 bits per heavy atom. The molecule has 0 spiro atoms. The number of hydrogen-bond donors (Lipinski definition) is 1. The molecule has 1 heterocycles. The van der Waals surface area contributed by atoms with E-state index in [1.807, 2.05) is 0 Å². The lowest BCUT2D eigenvalue weighted by atomic mass is 9.99. The van der Waals surface area contributed by atoms with Gasteiger partial charge in [-0.05, 0) is 87.3 Å². The minimum Gasteiger partial charge on any atom is -0.352 e. The number of sulfonamides is 1. The van der Waals surface area contributed by atoms with Crippen molar-refractivity contribution in [2.45, 2.75) is 31.1 Å². The number of nitrogens with one attached hydrogen (secondary N) is 1. The van der Waals surface area contributed by atoms with E-state index in [0.717, 1.165) is 36.3 Å². The fourth-order valence-corrected chi connectivity index (χ4v) is 5.10. The molecular weight excluding hydrogens is 453 g/mol. The Morgan fingerprint density at radius 1 is 1.19 bits per heavy atom. The molecule has 0 saturated carbocycles. The Labute approximate surface area is 194 Å². The Bertz CT molecular complexity index is 1040. The van der Waals surface area contributed by atoms with E-state index in [9.17, 15) is 17.6 Å². The maximum atomic E-state index is 13.2. The summed E-state index contributed by atoms with van der Waals surface area (Å²) in [4.78, 5) is 15.0. The number of hydrogen-bond acceptors (Lipinski definition) is 4. The van der Waals surface area contributed by atoms with Crippen LogP contribution in [0.4, 0.5) is 10.1 Å². The van der Waals surface area contributed by atoms with Crippen molar-refractivity contribution in [1.82, 2.24) is 10.2 Å². The number of nitrogens with zero attached hydrogens (tertiary/aromatic N) is 2. The van der Waals surface area contributed by atoms with Gasteiger partial charge in [-0.1, -0.05) is 18.5 Å². The standard InChI is InChI=1S/C23H29ClFN3O3S/c1-17-10-14-28(15-11-17)13-3-12-26-23(29)21-16-20(8-9-22(21)24)32(30,31)27(2)19-6-4-18(25)5-7-19/h4-9,16-17H,3,10-15H2,1-2H3,(H,26,29). The minimum absolute atomic E-state index is 0.0682. The lowest BCUT2D eigenvalue weighted by molar-refractivity contribution is 0.0950. The molecule has 1 aliphatic heterocycles. The van der Waals surface area contributed by atoms with Gasteiger partial charge in [0.15, 0.2) is 0 Å². The zero-order valence-electron chi connectivity index (χ0n) is 18.4. The van der Waals surface area contributed by atoms with Crippen LogP contribution in [0.2, 0.25) is 5.02 Å². The van der Waals surface area contributed by atoms with Gasteiger partial charge >= 0.3 is 0 Å². The molecule has 2 aromatic rings. The van der Waals surface area contributed by atoms with Crippen molar-refractivity contribution in [3.05, 3.63) is 58.9 Å². The zero-order chi connectivity index (χ0) is 23.3. The monoisotopic (exact) mass is 481 g/mol. The van der Waals surface area contributed by atoms with E-state index in [-0.39, 0.29) is 15.5 Å². The van der Waals surface area contributed by atoms with Crippen LogP contribution in [-0.2, 0) is 10.0 Å². The highest BCUT2D eigenvalue weighted by atomic mass is 35.5. The SMILES string of the molecule is CC1CCN(CCCNC(=O)c2cc(S(=O)(=O)N(C)c3ccc(F)cc3)ccc2Cl)CC1. The predicted octanol–water partition coefficient (Wildman–Crippen LogP) is 4.16. The summed E-state index contributed by atoms with van der Waals surface area (Å²) in [6.45, 7) is 5.84. The normalized spacial score (nSPS) is 15.5. The first-order chi connectivity index (χ1) is 15.2. The van der Waals surface area contributed by atoms with Crippen molar-refractivity contribution in [2.75, 3.05) is 37.5 Å². The van der Waals surface area contributed by atoms with Gasteiger partial charge in [0.2, 0.25) is 0 Å². The molecular formula is C23H29ClFN3O3S. The predicted molar refractivity (Wildman–Crippen MR) is 125 cm³/mol. The number of anilines is 1. The summed E-state index contributed by atoms with van der Waals surface area (Å²) in [5.74, 6) is -0.0950. The molecule has 0 atom stereocenters. The molecule has 0 aliphatic carbocycles. The van der Waals surface area contributed by atoms with Gasteiger partial charge in [0.1, 0.15) is 5.82 Å². The van der Waals surface area contributed by atoms with E-state index in [1.165, 1.54) is 62.4 Å². The molecule has 1 amide bonds. The third-order valence-electron chi connectivity index (χ3n) is 5.84. The van der Waals surface area contributed by atoms with Crippen LogP contribution >= 0.6 is 11.6 Å². The number of amides is 1. The third kappa shape index (κ3) is 5.99. The highest BCUT2D eigenvalue weighted by Crippen LogP contribution is 2.26. The average Bonchev–Trinajstić information content (AvgIpc) is 2.78. The van der Waals surface area contributed by atoms with Crippen LogP contribution in [-0.4, -0.2) is 52.5 Å². The molecule has 0 bridgehead atoms. The molecule has 0 radical (unpaired) electrons. The number of benzene rings is 2. The van der Waals surface area contributed by atoms with Gasteiger partial charge in [0, 0.05) is 13.6 Å². The number of rotatable bonds is 8. The van der Waals surface area contributed by atoms with E-state index < -0.39 is 21.7 Å². The van der Waals surface area contributed by atoms with Gasteiger partial charge in [-0.25, -0.2) is 12.8 Å². The first-order valence-corrected chi connectivity index (χ1v) is 12.5. The Balaban J connectivity index is 1.64. The molecule has 1 saturated heterocycles.